The van der Waals surface area contributed by atoms with Gasteiger partial charge in [0.2, 0.25) is 0 Å². The Balaban J connectivity index is 2.96. The van der Waals surface area contributed by atoms with Crippen molar-refractivity contribution in [3.05, 3.63) is 0 Å². The van der Waals surface area contributed by atoms with Crippen molar-refractivity contribution in [2.24, 2.45) is 5.92 Å². The maximum atomic E-state index is 5.34. The van der Waals surface area contributed by atoms with Gasteiger partial charge in [-0.05, 0) is 5.92 Å². The zero-order valence-electron chi connectivity index (χ0n) is 8.01. The van der Waals surface area contributed by atoms with Crippen LogP contribution < -0.4 is 0 Å². The van der Waals surface area contributed by atoms with Gasteiger partial charge in [0, 0.05) is 6.61 Å². The van der Waals surface area contributed by atoms with Crippen molar-refractivity contribution in [2.45, 2.75) is 20.3 Å². The number of terminal acetylenes is 1. The molecular formula is C10H18O2. The van der Waals surface area contributed by atoms with E-state index < -0.39 is 0 Å². The van der Waals surface area contributed by atoms with Crippen LogP contribution in [0.4, 0.5) is 0 Å². The first kappa shape index (κ1) is 11.5. The quantitative estimate of drug-likeness (QED) is 0.427. The fourth-order valence-corrected chi connectivity index (χ4v) is 0.651. The van der Waals surface area contributed by atoms with Gasteiger partial charge in [0.1, 0.15) is 6.61 Å². The minimum atomic E-state index is 0.382. The van der Waals surface area contributed by atoms with Gasteiger partial charge in [0.05, 0.1) is 13.2 Å². The van der Waals surface area contributed by atoms with Crippen molar-refractivity contribution in [3.63, 3.8) is 0 Å². The second kappa shape index (κ2) is 8.58. The van der Waals surface area contributed by atoms with Crippen molar-refractivity contribution in [3.8, 4) is 12.3 Å². The summed E-state index contributed by atoms with van der Waals surface area (Å²) in [5, 5.41) is 0. The molecule has 0 aromatic rings. The third-order valence-corrected chi connectivity index (χ3v) is 1.66. The first-order valence-electron chi connectivity index (χ1n) is 4.40. The maximum Gasteiger partial charge on any atom is 0.107 e. The van der Waals surface area contributed by atoms with E-state index in [1.165, 1.54) is 0 Å². The van der Waals surface area contributed by atoms with E-state index in [1.54, 1.807) is 0 Å². The molecule has 1 unspecified atom stereocenters. The first-order chi connectivity index (χ1) is 5.81. The Morgan fingerprint density at radius 2 is 2.00 bits per heavy atom. The zero-order chi connectivity index (χ0) is 9.23. The Morgan fingerprint density at radius 1 is 1.33 bits per heavy atom. The van der Waals surface area contributed by atoms with Crippen molar-refractivity contribution >= 4 is 0 Å². The van der Waals surface area contributed by atoms with Gasteiger partial charge in [0.25, 0.3) is 0 Å². The summed E-state index contributed by atoms with van der Waals surface area (Å²) in [5.41, 5.74) is 0. The van der Waals surface area contributed by atoms with Crippen LogP contribution >= 0.6 is 0 Å². The van der Waals surface area contributed by atoms with Crippen LogP contribution in [0.25, 0.3) is 0 Å². The highest BCUT2D eigenvalue weighted by molar-refractivity contribution is 4.82. The number of hydrogen-bond acceptors (Lipinski definition) is 2. The molecule has 70 valence electrons. The summed E-state index contributed by atoms with van der Waals surface area (Å²) < 4.78 is 10.4. The van der Waals surface area contributed by atoms with Crippen molar-refractivity contribution in [1.82, 2.24) is 0 Å². The van der Waals surface area contributed by atoms with Gasteiger partial charge in [-0.1, -0.05) is 26.2 Å². The van der Waals surface area contributed by atoms with Gasteiger partial charge < -0.3 is 9.47 Å². The van der Waals surface area contributed by atoms with Crippen molar-refractivity contribution < 1.29 is 9.47 Å². The third kappa shape index (κ3) is 7.59. The molecule has 0 saturated carbocycles. The lowest BCUT2D eigenvalue weighted by molar-refractivity contribution is 0.0453. The summed E-state index contributed by atoms with van der Waals surface area (Å²) in [6.45, 7) is 6.76. The molecule has 0 aliphatic heterocycles. The van der Waals surface area contributed by atoms with E-state index in [1.807, 2.05) is 0 Å². The third-order valence-electron chi connectivity index (χ3n) is 1.66. The lowest BCUT2D eigenvalue weighted by Crippen LogP contribution is -2.09. The van der Waals surface area contributed by atoms with Crippen LogP contribution in [0, 0.1) is 18.3 Å². The molecule has 0 fully saturated rings. The molecule has 12 heavy (non-hydrogen) atoms. The van der Waals surface area contributed by atoms with Gasteiger partial charge in [0.15, 0.2) is 0 Å². The first-order valence-corrected chi connectivity index (χ1v) is 4.40. The normalized spacial score (nSPS) is 12.4. The highest BCUT2D eigenvalue weighted by Gasteiger charge is 1.97. The van der Waals surface area contributed by atoms with E-state index in [4.69, 9.17) is 15.9 Å². The summed E-state index contributed by atoms with van der Waals surface area (Å²) in [6.07, 6.45) is 6.16. The van der Waals surface area contributed by atoms with Crippen molar-refractivity contribution in [1.29, 1.82) is 0 Å². The van der Waals surface area contributed by atoms with Gasteiger partial charge >= 0.3 is 0 Å². The highest BCUT2D eigenvalue weighted by Crippen LogP contribution is 1.99. The second-order valence-corrected chi connectivity index (χ2v) is 2.85. The van der Waals surface area contributed by atoms with Crippen LogP contribution in [0.1, 0.15) is 20.3 Å². The molecule has 0 radical (unpaired) electrons. The lowest BCUT2D eigenvalue weighted by Gasteiger charge is -2.08. The van der Waals surface area contributed by atoms with Crippen LogP contribution in [0.2, 0.25) is 0 Å². The SMILES string of the molecule is C#CCOCCOCC(C)CC. The largest absolute Gasteiger partial charge is 0.379 e. The topological polar surface area (TPSA) is 18.5 Å². The predicted molar refractivity (Wildman–Crippen MR) is 49.9 cm³/mol. The number of rotatable bonds is 7. The van der Waals surface area contributed by atoms with Gasteiger partial charge in [-0.25, -0.2) is 0 Å². The molecule has 0 heterocycles. The molecule has 0 aliphatic carbocycles. The summed E-state index contributed by atoms with van der Waals surface area (Å²) >= 11 is 0. The smallest absolute Gasteiger partial charge is 0.107 e. The van der Waals surface area contributed by atoms with E-state index in [9.17, 15) is 0 Å². The Bertz CT molecular complexity index is 126. The molecule has 2 nitrogen and oxygen atoms in total. The average Bonchev–Trinajstić information content (AvgIpc) is 2.10. The van der Waals surface area contributed by atoms with Gasteiger partial charge in [-0.3, -0.25) is 0 Å². The standard InChI is InChI=1S/C10H18O2/c1-4-6-11-7-8-12-9-10(3)5-2/h1,10H,5-9H2,2-3H3. The predicted octanol–water partition coefficient (Wildman–Crippen LogP) is 1.70. The van der Waals surface area contributed by atoms with E-state index >= 15 is 0 Å². The molecule has 0 saturated heterocycles. The number of hydrogen-bond donors (Lipinski definition) is 0. The van der Waals surface area contributed by atoms with Crippen LogP contribution in [0.3, 0.4) is 0 Å². The average molecular weight is 170 g/mol. The molecule has 0 spiro atoms. The fourth-order valence-electron chi connectivity index (χ4n) is 0.651. The highest BCUT2D eigenvalue weighted by atomic mass is 16.5. The fraction of sp³-hybridized carbons (Fsp3) is 0.800. The molecule has 1 atom stereocenters. The molecule has 0 amide bonds. The molecule has 0 bridgehead atoms. The van der Waals surface area contributed by atoms with Gasteiger partial charge in [-0.2, -0.15) is 0 Å². The molecule has 2 heteroatoms. The van der Waals surface area contributed by atoms with E-state index in [0.29, 0.717) is 25.7 Å². The monoisotopic (exact) mass is 170 g/mol. The maximum absolute atomic E-state index is 5.34. The Hall–Kier alpha value is -0.520. The Labute approximate surface area is 75.3 Å². The second-order valence-electron chi connectivity index (χ2n) is 2.85. The van der Waals surface area contributed by atoms with Crippen molar-refractivity contribution in [2.75, 3.05) is 26.4 Å². The molecular weight excluding hydrogens is 152 g/mol. The van der Waals surface area contributed by atoms with E-state index in [0.717, 1.165) is 13.0 Å². The number of ether oxygens (including phenoxy) is 2. The van der Waals surface area contributed by atoms with Crippen LogP contribution in [-0.4, -0.2) is 26.4 Å². The molecule has 0 aliphatic rings. The van der Waals surface area contributed by atoms with Gasteiger partial charge in [-0.15, -0.1) is 6.42 Å². The van der Waals surface area contributed by atoms with Crippen LogP contribution in [-0.2, 0) is 9.47 Å². The van der Waals surface area contributed by atoms with E-state index in [-0.39, 0.29) is 0 Å². The zero-order valence-corrected chi connectivity index (χ0v) is 8.01. The summed E-state index contributed by atoms with van der Waals surface area (Å²) in [4.78, 5) is 0. The minimum Gasteiger partial charge on any atom is -0.379 e. The Morgan fingerprint density at radius 3 is 2.58 bits per heavy atom. The molecule has 0 N–H and O–H groups in total. The van der Waals surface area contributed by atoms with Crippen LogP contribution in [0.15, 0.2) is 0 Å². The lowest BCUT2D eigenvalue weighted by atomic mass is 10.1. The summed E-state index contributed by atoms with van der Waals surface area (Å²) in [7, 11) is 0. The van der Waals surface area contributed by atoms with Crippen LogP contribution in [0.5, 0.6) is 0 Å². The summed E-state index contributed by atoms with van der Waals surface area (Å²) in [5.74, 6) is 3.04. The summed E-state index contributed by atoms with van der Waals surface area (Å²) in [6, 6.07) is 0. The molecule has 0 aromatic heterocycles. The molecule has 0 rings (SSSR count). The minimum absolute atomic E-state index is 0.382. The Kier molecular flexibility index (Phi) is 8.20. The molecule has 0 aromatic carbocycles. The van der Waals surface area contributed by atoms with E-state index in [2.05, 4.69) is 19.8 Å².